The van der Waals surface area contributed by atoms with Crippen LogP contribution in [-0.2, 0) is 13.0 Å². The van der Waals surface area contributed by atoms with E-state index in [1.807, 2.05) is 56.3 Å². The Morgan fingerprint density at radius 2 is 1.68 bits per heavy atom. The number of aromatic nitrogens is 1. The second-order valence-electron chi connectivity index (χ2n) is 10.3. The van der Waals surface area contributed by atoms with Gasteiger partial charge < -0.3 is 5.11 Å². The Morgan fingerprint density at radius 3 is 2.40 bits per heavy atom. The highest BCUT2D eigenvalue weighted by atomic mass is 16.3. The molecule has 0 fully saturated rings. The van der Waals surface area contributed by atoms with E-state index in [1.165, 1.54) is 11.9 Å². The van der Waals surface area contributed by atoms with Gasteiger partial charge in [-0.1, -0.05) is 56.4 Å². The third kappa shape index (κ3) is 3.61. The third-order valence-electron chi connectivity index (χ3n) is 8.21. The van der Waals surface area contributed by atoms with Crippen LogP contribution in [0.15, 0.2) is 52.8 Å². The summed E-state index contributed by atoms with van der Waals surface area (Å²) in [5.41, 5.74) is 5.64. The zero-order valence-electron chi connectivity index (χ0n) is 23.0. The fraction of sp³-hybridized carbons (Fsp3) is 0.273. The fourth-order valence-corrected chi connectivity index (χ4v) is 6.42. The molecule has 202 valence electrons. The lowest BCUT2D eigenvalue weighted by atomic mass is 9.87. The Morgan fingerprint density at radius 1 is 0.975 bits per heavy atom. The number of amides is 2. The van der Waals surface area contributed by atoms with Crippen molar-refractivity contribution in [3.05, 3.63) is 96.7 Å². The van der Waals surface area contributed by atoms with Gasteiger partial charge in [-0.05, 0) is 64.8 Å². The molecule has 2 bridgehead atoms. The highest BCUT2D eigenvalue weighted by Crippen LogP contribution is 2.41. The van der Waals surface area contributed by atoms with E-state index < -0.39 is 6.10 Å². The fourth-order valence-electron chi connectivity index (χ4n) is 6.42. The van der Waals surface area contributed by atoms with E-state index in [-0.39, 0.29) is 23.9 Å². The molecule has 1 atom stereocenters. The van der Waals surface area contributed by atoms with Crippen LogP contribution < -0.4 is 26.7 Å². The average Bonchev–Trinajstić information content (AvgIpc) is 3.36. The molecule has 1 unspecified atom stereocenters. The first-order chi connectivity index (χ1) is 19.4. The zero-order chi connectivity index (χ0) is 28.3. The summed E-state index contributed by atoms with van der Waals surface area (Å²) >= 11 is 0. The molecule has 2 aliphatic heterocycles. The van der Waals surface area contributed by atoms with Crippen molar-refractivity contribution in [2.24, 2.45) is 4.99 Å². The van der Waals surface area contributed by atoms with E-state index >= 15 is 0 Å². The highest BCUT2D eigenvalue weighted by molar-refractivity contribution is 6.27. The molecule has 7 heteroatoms. The van der Waals surface area contributed by atoms with Crippen LogP contribution in [0.1, 0.15) is 58.5 Å². The lowest BCUT2D eigenvalue weighted by Crippen LogP contribution is -2.62. The zero-order valence-corrected chi connectivity index (χ0v) is 23.0. The normalized spacial score (nSPS) is 19.1. The van der Waals surface area contributed by atoms with E-state index in [0.29, 0.717) is 53.0 Å². The van der Waals surface area contributed by atoms with E-state index in [4.69, 9.17) is 0 Å². The van der Waals surface area contributed by atoms with Gasteiger partial charge in [0, 0.05) is 40.5 Å². The number of rotatable bonds is 1. The molecule has 2 aliphatic carbocycles. The third-order valence-corrected chi connectivity index (χ3v) is 8.21. The van der Waals surface area contributed by atoms with Crippen molar-refractivity contribution in [1.82, 2.24) is 9.47 Å². The van der Waals surface area contributed by atoms with Gasteiger partial charge in [0.25, 0.3) is 17.4 Å². The molecule has 7 rings (SSSR count). The number of pyridine rings is 1. The Kier molecular flexibility index (Phi) is 6.27. The SMILES string of the molecule is C=C/C=c1\c2c(c(=O)n3c1=NCC(O)CC3)=CC=C1CC=2Cc2ccc3c4c(ccc1c24)C(=O)N(C)C3=O.CC. The first-order valence-corrected chi connectivity index (χ1v) is 13.8. The maximum Gasteiger partial charge on any atom is 0.261 e. The number of aliphatic hydroxyl groups is 1. The van der Waals surface area contributed by atoms with Gasteiger partial charge in [0.2, 0.25) is 0 Å². The van der Waals surface area contributed by atoms with Crippen molar-refractivity contribution in [3.8, 4) is 0 Å². The summed E-state index contributed by atoms with van der Waals surface area (Å²) in [6, 6.07) is 7.59. The lowest BCUT2D eigenvalue weighted by molar-refractivity contribution is 0.0650. The molecule has 40 heavy (non-hydrogen) atoms. The van der Waals surface area contributed by atoms with Gasteiger partial charge >= 0.3 is 0 Å². The van der Waals surface area contributed by atoms with Crippen LogP contribution in [0, 0.1) is 0 Å². The van der Waals surface area contributed by atoms with Crippen LogP contribution >= 0.6 is 0 Å². The quantitative estimate of drug-likeness (QED) is 0.481. The predicted molar refractivity (Wildman–Crippen MR) is 157 cm³/mol. The number of hydrogen-bond donors (Lipinski definition) is 1. The molecule has 0 saturated carbocycles. The van der Waals surface area contributed by atoms with Crippen LogP contribution in [0.3, 0.4) is 0 Å². The number of benzene rings is 2. The molecular formula is C33H31N3O4. The van der Waals surface area contributed by atoms with Gasteiger partial charge in [-0.3, -0.25) is 28.8 Å². The smallest absolute Gasteiger partial charge is 0.261 e. The highest BCUT2D eigenvalue weighted by Gasteiger charge is 2.33. The number of aliphatic hydroxyl groups excluding tert-OH is 1. The number of hydrogen-bond acceptors (Lipinski definition) is 5. The number of fused-ring (bicyclic) bond motifs is 5. The number of carbonyl (C=O) groups excluding carboxylic acids is 2. The minimum absolute atomic E-state index is 0.116. The van der Waals surface area contributed by atoms with Crippen molar-refractivity contribution < 1.29 is 14.7 Å². The maximum absolute atomic E-state index is 13.8. The predicted octanol–water partition coefficient (Wildman–Crippen LogP) is 1.58. The van der Waals surface area contributed by atoms with Gasteiger partial charge in [-0.2, -0.15) is 0 Å². The van der Waals surface area contributed by atoms with E-state index in [0.717, 1.165) is 38.1 Å². The molecule has 1 N–H and O–H groups in total. The molecular weight excluding hydrogens is 502 g/mol. The summed E-state index contributed by atoms with van der Waals surface area (Å²) < 4.78 is 1.68. The maximum atomic E-state index is 13.8. The summed E-state index contributed by atoms with van der Waals surface area (Å²) in [7, 11) is 1.52. The van der Waals surface area contributed by atoms with Crippen molar-refractivity contribution in [2.75, 3.05) is 13.6 Å². The first-order valence-electron chi connectivity index (χ1n) is 13.8. The summed E-state index contributed by atoms with van der Waals surface area (Å²) in [5, 5.41) is 14.2. The van der Waals surface area contributed by atoms with Gasteiger partial charge in [0.1, 0.15) is 5.49 Å². The number of imide groups is 1. The second-order valence-corrected chi connectivity index (χ2v) is 10.3. The Bertz CT molecular complexity index is 1990. The van der Waals surface area contributed by atoms with Crippen molar-refractivity contribution in [2.45, 2.75) is 45.8 Å². The molecule has 3 heterocycles. The lowest BCUT2D eigenvalue weighted by Gasteiger charge is -2.25. The minimum atomic E-state index is -0.592. The van der Waals surface area contributed by atoms with Gasteiger partial charge in [-0.25, -0.2) is 0 Å². The van der Waals surface area contributed by atoms with Crippen LogP contribution in [0.2, 0.25) is 0 Å². The van der Waals surface area contributed by atoms with Crippen LogP contribution in [0.5, 0.6) is 0 Å². The molecule has 2 amide bonds. The van der Waals surface area contributed by atoms with Gasteiger partial charge in [0.15, 0.2) is 0 Å². The van der Waals surface area contributed by atoms with Crippen LogP contribution in [0.4, 0.5) is 0 Å². The molecule has 0 radical (unpaired) electrons. The first kappa shape index (κ1) is 25.9. The largest absolute Gasteiger partial charge is 0.391 e. The number of allylic oxidation sites excluding steroid dienone is 3. The molecule has 1 aromatic heterocycles. The standard InChI is InChI=1S/C31H25N3O4.C2H6/c1-3-4-21-25-18-13-16(5-7-22(25)31(38)34-12-11-19(35)15-32-28(21)34)20-9-10-24-27-23(29(36)33(2)30(24)37)8-6-17(14-18)26(20)27;1-2/h3-10,19,35H,1,11-15H2,2H3;1-2H3/b21-4+;. The van der Waals surface area contributed by atoms with E-state index in [2.05, 4.69) is 11.6 Å². The van der Waals surface area contributed by atoms with Gasteiger partial charge in [0.05, 0.1) is 12.6 Å². The van der Waals surface area contributed by atoms with E-state index in [9.17, 15) is 19.5 Å². The molecule has 7 nitrogen and oxygen atoms in total. The van der Waals surface area contributed by atoms with Crippen LogP contribution in [0.25, 0.3) is 34.1 Å². The summed E-state index contributed by atoms with van der Waals surface area (Å²) in [6.45, 7) is 8.56. The molecule has 0 spiro atoms. The Balaban J connectivity index is 0.00000142. The second kappa shape index (κ2) is 9.68. The van der Waals surface area contributed by atoms with Crippen molar-refractivity contribution in [1.29, 1.82) is 0 Å². The topological polar surface area (TPSA) is 92.0 Å². The van der Waals surface area contributed by atoms with Gasteiger partial charge in [-0.15, -0.1) is 0 Å². The Labute approximate surface area is 231 Å². The summed E-state index contributed by atoms with van der Waals surface area (Å²) in [6.07, 6.45) is 8.55. The van der Waals surface area contributed by atoms with Crippen LogP contribution in [-0.4, -0.2) is 46.1 Å². The van der Waals surface area contributed by atoms with Crippen molar-refractivity contribution in [3.63, 3.8) is 0 Å². The molecule has 0 saturated heterocycles. The number of carbonyl (C=O) groups is 2. The molecule has 4 aliphatic rings. The minimum Gasteiger partial charge on any atom is -0.391 e. The molecule has 2 aromatic carbocycles. The monoisotopic (exact) mass is 533 g/mol. The van der Waals surface area contributed by atoms with Crippen molar-refractivity contribution >= 4 is 45.9 Å². The van der Waals surface area contributed by atoms with E-state index in [1.54, 1.807) is 10.6 Å². The summed E-state index contributed by atoms with van der Waals surface area (Å²) in [4.78, 5) is 45.7. The average molecular weight is 534 g/mol. The number of nitrogens with zero attached hydrogens (tertiary/aromatic N) is 3. The molecule has 3 aromatic rings. The Hall–Kier alpha value is -4.36. The summed E-state index contributed by atoms with van der Waals surface area (Å²) in [5.74, 6) is -0.590.